The maximum Gasteiger partial charge on any atom is 0.238 e. The van der Waals surface area contributed by atoms with Crippen LogP contribution < -0.4 is 10.6 Å². The smallest absolute Gasteiger partial charge is 0.238 e. The Labute approximate surface area is 155 Å². The first-order valence-electron chi connectivity index (χ1n) is 8.93. The van der Waals surface area contributed by atoms with E-state index in [2.05, 4.69) is 17.6 Å². The zero-order chi connectivity index (χ0) is 18.4. The molecule has 6 heteroatoms. The number of hydrogen-bond acceptors (Lipinski definition) is 3. The highest BCUT2D eigenvalue weighted by Crippen LogP contribution is 2.23. The highest BCUT2D eigenvalue weighted by atomic mass is 35.5. The van der Waals surface area contributed by atoms with Gasteiger partial charge in [0.1, 0.15) is 0 Å². The zero-order valence-electron chi connectivity index (χ0n) is 15.2. The third-order valence-corrected chi connectivity index (χ3v) is 5.25. The van der Waals surface area contributed by atoms with Crippen molar-refractivity contribution in [2.75, 3.05) is 18.9 Å². The topological polar surface area (TPSA) is 61.4 Å². The lowest BCUT2D eigenvalue weighted by Crippen LogP contribution is -2.50. The highest BCUT2D eigenvalue weighted by molar-refractivity contribution is 6.30. The van der Waals surface area contributed by atoms with Crippen LogP contribution in [0.1, 0.15) is 39.5 Å². The minimum absolute atomic E-state index is 0.0134. The summed E-state index contributed by atoms with van der Waals surface area (Å²) in [6.45, 7) is 4.17. The van der Waals surface area contributed by atoms with Crippen molar-refractivity contribution in [1.82, 2.24) is 10.2 Å². The zero-order valence-corrected chi connectivity index (χ0v) is 16.0. The lowest BCUT2D eigenvalue weighted by Gasteiger charge is -2.32. The maximum atomic E-state index is 12.5. The number of hydrogen-bond donors (Lipinski definition) is 2. The normalized spacial score (nSPS) is 21.6. The molecule has 0 saturated heterocycles. The number of amides is 2. The molecule has 5 nitrogen and oxygen atoms in total. The van der Waals surface area contributed by atoms with E-state index in [0.29, 0.717) is 16.6 Å². The fourth-order valence-electron chi connectivity index (χ4n) is 3.13. The Morgan fingerprint density at radius 2 is 1.88 bits per heavy atom. The number of nitrogens with one attached hydrogen (secondary N) is 2. The molecule has 3 atom stereocenters. The predicted molar refractivity (Wildman–Crippen MR) is 102 cm³/mol. The van der Waals surface area contributed by atoms with Gasteiger partial charge in [-0.05, 0) is 57.0 Å². The Bertz CT molecular complexity index is 591. The van der Waals surface area contributed by atoms with E-state index in [4.69, 9.17) is 11.6 Å². The van der Waals surface area contributed by atoms with Crippen LogP contribution in [0, 0.1) is 5.92 Å². The molecule has 1 fully saturated rings. The Morgan fingerprint density at radius 1 is 1.24 bits per heavy atom. The van der Waals surface area contributed by atoms with E-state index in [9.17, 15) is 9.59 Å². The number of nitrogens with zero attached hydrogens (tertiary/aromatic N) is 1. The summed E-state index contributed by atoms with van der Waals surface area (Å²) >= 11 is 5.83. The quantitative estimate of drug-likeness (QED) is 0.813. The summed E-state index contributed by atoms with van der Waals surface area (Å²) in [5, 5.41) is 6.59. The first-order chi connectivity index (χ1) is 11.9. The summed E-state index contributed by atoms with van der Waals surface area (Å²) in [4.78, 5) is 26.4. The van der Waals surface area contributed by atoms with E-state index >= 15 is 0 Å². The second-order valence-corrected chi connectivity index (χ2v) is 7.46. The van der Waals surface area contributed by atoms with E-state index in [-0.39, 0.29) is 30.4 Å². The van der Waals surface area contributed by atoms with Crippen LogP contribution in [0.3, 0.4) is 0 Å². The van der Waals surface area contributed by atoms with Gasteiger partial charge in [0, 0.05) is 16.8 Å². The summed E-state index contributed by atoms with van der Waals surface area (Å²) in [6.07, 6.45) is 4.62. The fraction of sp³-hybridized carbons (Fsp3) is 0.579. The number of benzene rings is 1. The average Bonchev–Trinajstić information content (AvgIpc) is 2.58. The number of carbonyl (C=O) groups is 2. The summed E-state index contributed by atoms with van der Waals surface area (Å²) in [5.74, 6) is 0.347. The molecule has 1 aliphatic rings. The monoisotopic (exact) mass is 365 g/mol. The molecular formula is C19H28ClN3O2. The molecular weight excluding hydrogens is 338 g/mol. The molecule has 0 heterocycles. The number of anilines is 1. The van der Waals surface area contributed by atoms with Crippen LogP contribution in [0.5, 0.6) is 0 Å². The largest absolute Gasteiger partial charge is 0.352 e. The van der Waals surface area contributed by atoms with Crippen LogP contribution in [0.2, 0.25) is 5.02 Å². The highest BCUT2D eigenvalue weighted by Gasteiger charge is 2.26. The molecule has 0 bridgehead atoms. The molecule has 0 aromatic heterocycles. The van der Waals surface area contributed by atoms with Crippen LogP contribution in [0.25, 0.3) is 0 Å². The molecule has 2 amide bonds. The van der Waals surface area contributed by atoms with Crippen LogP contribution in [-0.2, 0) is 9.59 Å². The molecule has 0 radical (unpaired) electrons. The van der Waals surface area contributed by atoms with Gasteiger partial charge in [0.2, 0.25) is 11.8 Å². The molecule has 1 aromatic carbocycles. The van der Waals surface area contributed by atoms with Gasteiger partial charge in [0.05, 0.1) is 12.6 Å². The van der Waals surface area contributed by atoms with Crippen LogP contribution in [-0.4, -0.2) is 42.4 Å². The Kier molecular flexibility index (Phi) is 7.26. The molecule has 1 saturated carbocycles. The predicted octanol–water partition coefficient (Wildman–Crippen LogP) is 3.29. The Morgan fingerprint density at radius 3 is 2.52 bits per heavy atom. The van der Waals surface area contributed by atoms with E-state index < -0.39 is 0 Å². The molecule has 138 valence electrons. The van der Waals surface area contributed by atoms with Crippen LogP contribution in [0.4, 0.5) is 5.69 Å². The van der Waals surface area contributed by atoms with Crippen molar-refractivity contribution in [3.05, 3.63) is 29.3 Å². The SMILES string of the molecule is C[C@@H]1CCCC[C@@H]1NC(=O)[C@@H](C)N(C)CC(=O)Nc1ccc(Cl)cc1. The first-order valence-corrected chi connectivity index (χ1v) is 9.30. The van der Waals surface area contributed by atoms with Crippen molar-refractivity contribution in [2.45, 2.75) is 51.6 Å². The number of carbonyl (C=O) groups excluding carboxylic acids is 2. The molecule has 2 rings (SSSR count). The van der Waals surface area contributed by atoms with Crippen molar-refractivity contribution in [1.29, 1.82) is 0 Å². The van der Waals surface area contributed by atoms with Crippen molar-refractivity contribution in [3.8, 4) is 0 Å². The summed E-state index contributed by atoms with van der Waals surface area (Å²) < 4.78 is 0. The van der Waals surface area contributed by atoms with E-state index in [1.54, 1.807) is 36.2 Å². The van der Waals surface area contributed by atoms with Crippen LogP contribution in [0.15, 0.2) is 24.3 Å². The summed E-state index contributed by atoms with van der Waals surface area (Å²) in [5.41, 5.74) is 0.691. The van der Waals surface area contributed by atoms with Gasteiger partial charge in [-0.1, -0.05) is 31.4 Å². The second-order valence-electron chi connectivity index (χ2n) is 7.02. The van der Waals surface area contributed by atoms with Gasteiger partial charge in [0.15, 0.2) is 0 Å². The van der Waals surface area contributed by atoms with Gasteiger partial charge in [-0.3, -0.25) is 14.5 Å². The van der Waals surface area contributed by atoms with Crippen molar-refractivity contribution in [3.63, 3.8) is 0 Å². The van der Waals surface area contributed by atoms with Crippen LogP contribution >= 0.6 is 11.6 Å². The fourth-order valence-corrected chi connectivity index (χ4v) is 3.26. The van der Waals surface area contributed by atoms with Gasteiger partial charge < -0.3 is 10.6 Å². The third kappa shape index (κ3) is 6.01. The van der Waals surface area contributed by atoms with Gasteiger partial charge in [0.25, 0.3) is 0 Å². The summed E-state index contributed by atoms with van der Waals surface area (Å²) in [7, 11) is 1.79. The molecule has 25 heavy (non-hydrogen) atoms. The number of halogens is 1. The standard InChI is InChI=1S/C19H28ClN3O2/c1-13-6-4-5-7-17(13)22-19(25)14(2)23(3)12-18(24)21-16-10-8-15(20)9-11-16/h8-11,13-14,17H,4-7,12H2,1-3H3,(H,21,24)(H,22,25)/t13-,14-,17+/m1/s1. The maximum absolute atomic E-state index is 12.5. The van der Waals surface area contributed by atoms with E-state index in [0.717, 1.165) is 6.42 Å². The van der Waals surface area contributed by atoms with Gasteiger partial charge in [-0.2, -0.15) is 0 Å². The van der Waals surface area contributed by atoms with Gasteiger partial charge >= 0.3 is 0 Å². The van der Waals surface area contributed by atoms with Gasteiger partial charge in [-0.25, -0.2) is 0 Å². The molecule has 2 N–H and O–H groups in total. The van der Waals surface area contributed by atoms with Crippen molar-refractivity contribution < 1.29 is 9.59 Å². The molecule has 0 spiro atoms. The molecule has 0 unspecified atom stereocenters. The Balaban J connectivity index is 1.81. The second kappa shape index (κ2) is 9.20. The number of likely N-dealkylation sites (N-methyl/N-ethyl adjacent to an activating group) is 1. The number of rotatable bonds is 6. The first kappa shape index (κ1) is 19.7. The lowest BCUT2D eigenvalue weighted by molar-refractivity contribution is -0.127. The Hall–Kier alpha value is -1.59. The molecule has 0 aliphatic heterocycles. The van der Waals surface area contributed by atoms with E-state index in [1.165, 1.54) is 19.3 Å². The minimum atomic E-state index is -0.356. The third-order valence-electron chi connectivity index (χ3n) is 5.00. The van der Waals surface area contributed by atoms with Crippen molar-refractivity contribution in [2.24, 2.45) is 5.92 Å². The minimum Gasteiger partial charge on any atom is -0.352 e. The average molecular weight is 366 g/mol. The summed E-state index contributed by atoms with van der Waals surface area (Å²) in [6, 6.07) is 6.84. The van der Waals surface area contributed by atoms with E-state index in [1.807, 2.05) is 6.92 Å². The molecule has 1 aromatic rings. The molecule has 1 aliphatic carbocycles. The van der Waals surface area contributed by atoms with Gasteiger partial charge in [-0.15, -0.1) is 0 Å². The lowest BCUT2D eigenvalue weighted by atomic mass is 9.86. The van der Waals surface area contributed by atoms with Crippen molar-refractivity contribution >= 4 is 29.1 Å².